The Hall–Kier alpha value is -0.680. The van der Waals surface area contributed by atoms with Crippen molar-refractivity contribution in [1.82, 2.24) is 4.90 Å². The molecule has 1 aliphatic rings. The van der Waals surface area contributed by atoms with Crippen LogP contribution in [-0.2, 0) is 9.53 Å². The molecular weight excluding hydrogens is 248 g/mol. The second kappa shape index (κ2) is 5.97. The highest BCUT2D eigenvalue weighted by atomic mass is 32.1. The predicted molar refractivity (Wildman–Crippen MR) is 76.3 cm³/mol. The summed E-state index contributed by atoms with van der Waals surface area (Å²) in [5.74, 6) is 0.590. The van der Waals surface area contributed by atoms with Crippen LogP contribution in [0.1, 0.15) is 33.6 Å². The molecule has 1 saturated carbocycles. The van der Waals surface area contributed by atoms with E-state index in [9.17, 15) is 4.79 Å². The van der Waals surface area contributed by atoms with Crippen LogP contribution in [0.15, 0.2) is 0 Å². The van der Waals surface area contributed by atoms with Gasteiger partial charge in [-0.3, -0.25) is 4.79 Å². The first-order valence-corrected chi connectivity index (χ1v) is 6.86. The summed E-state index contributed by atoms with van der Waals surface area (Å²) in [4.78, 5) is 14.9. The highest BCUT2D eigenvalue weighted by Crippen LogP contribution is 2.47. The summed E-state index contributed by atoms with van der Waals surface area (Å²) in [5.41, 5.74) is 5.21. The summed E-state index contributed by atoms with van der Waals surface area (Å²) in [7, 11) is 1.64. The van der Waals surface area contributed by atoms with Gasteiger partial charge in [0.25, 0.3) is 0 Å². The van der Waals surface area contributed by atoms with Crippen molar-refractivity contribution in [2.45, 2.75) is 39.7 Å². The fourth-order valence-corrected chi connectivity index (χ4v) is 2.92. The molecule has 0 aliphatic heterocycles. The Morgan fingerprint density at radius 1 is 1.56 bits per heavy atom. The fourth-order valence-electron chi connectivity index (χ4n) is 2.67. The van der Waals surface area contributed by atoms with Crippen molar-refractivity contribution < 1.29 is 9.53 Å². The van der Waals surface area contributed by atoms with E-state index in [2.05, 4.69) is 6.92 Å². The molecule has 1 amide bonds. The lowest BCUT2D eigenvalue weighted by Gasteiger charge is -2.47. The molecule has 18 heavy (non-hydrogen) atoms. The molecule has 1 aliphatic carbocycles. The molecule has 0 atom stereocenters. The van der Waals surface area contributed by atoms with Crippen LogP contribution in [0.5, 0.6) is 0 Å². The van der Waals surface area contributed by atoms with Crippen molar-refractivity contribution in [2.24, 2.45) is 17.1 Å². The molecule has 0 spiro atoms. The number of nitrogens with zero attached hydrogens (tertiary/aromatic N) is 1. The Morgan fingerprint density at radius 2 is 2.11 bits per heavy atom. The number of hydrogen-bond acceptors (Lipinski definition) is 3. The predicted octanol–water partition coefficient (Wildman–Crippen LogP) is 1.57. The molecule has 1 fully saturated rings. The number of carbonyl (C=O) groups excluding carboxylic acids is 1. The van der Waals surface area contributed by atoms with E-state index in [1.54, 1.807) is 7.11 Å². The van der Waals surface area contributed by atoms with Crippen LogP contribution in [0.25, 0.3) is 0 Å². The number of rotatable bonds is 6. The van der Waals surface area contributed by atoms with Gasteiger partial charge < -0.3 is 15.4 Å². The zero-order chi connectivity index (χ0) is 13.9. The quantitative estimate of drug-likeness (QED) is 0.746. The third-order valence-corrected chi connectivity index (χ3v) is 4.09. The van der Waals surface area contributed by atoms with Gasteiger partial charge in [-0.1, -0.05) is 19.1 Å². The molecule has 0 aromatic rings. The van der Waals surface area contributed by atoms with E-state index in [0.717, 1.165) is 12.8 Å². The second-order valence-corrected chi connectivity index (χ2v) is 5.98. The maximum Gasteiger partial charge on any atom is 0.235 e. The largest absolute Gasteiger partial charge is 0.392 e. The molecule has 0 saturated heterocycles. The number of ether oxygens (including phenoxy) is 1. The minimum Gasteiger partial charge on any atom is -0.392 e. The average Bonchev–Trinajstić information content (AvgIpc) is 2.23. The number of methoxy groups -OCH3 is 1. The Labute approximate surface area is 115 Å². The molecule has 0 heterocycles. The van der Waals surface area contributed by atoms with Crippen molar-refractivity contribution in [2.75, 3.05) is 20.3 Å². The molecule has 5 heteroatoms. The van der Waals surface area contributed by atoms with Gasteiger partial charge in [-0.05, 0) is 32.6 Å². The van der Waals surface area contributed by atoms with Gasteiger partial charge in [-0.25, -0.2) is 0 Å². The Kier molecular flexibility index (Phi) is 5.10. The number of hydrogen-bond donors (Lipinski definition) is 1. The number of thiocarbonyl (C=S) groups is 1. The normalized spacial score (nSPS) is 26.8. The minimum absolute atomic E-state index is 0.0696. The molecule has 0 aromatic carbocycles. The molecule has 0 unspecified atom stereocenters. The third-order valence-electron chi connectivity index (χ3n) is 3.70. The topological polar surface area (TPSA) is 55.6 Å². The molecule has 1 rings (SSSR count). The molecule has 4 nitrogen and oxygen atoms in total. The molecule has 0 bridgehead atoms. The molecule has 0 aromatic heterocycles. The van der Waals surface area contributed by atoms with Gasteiger partial charge in [-0.2, -0.15) is 0 Å². The van der Waals surface area contributed by atoms with Gasteiger partial charge in [0.2, 0.25) is 5.91 Å². The minimum atomic E-state index is -0.604. The third kappa shape index (κ3) is 2.83. The lowest BCUT2D eigenvalue weighted by atomic mass is 9.61. The van der Waals surface area contributed by atoms with E-state index in [1.165, 1.54) is 0 Å². The van der Waals surface area contributed by atoms with Gasteiger partial charge in [0.15, 0.2) is 0 Å². The van der Waals surface area contributed by atoms with E-state index >= 15 is 0 Å². The van der Waals surface area contributed by atoms with Crippen molar-refractivity contribution >= 4 is 23.1 Å². The number of amides is 1. The van der Waals surface area contributed by atoms with Crippen LogP contribution >= 0.6 is 12.2 Å². The zero-order valence-electron chi connectivity index (χ0n) is 11.7. The van der Waals surface area contributed by atoms with Crippen LogP contribution in [0.4, 0.5) is 0 Å². The van der Waals surface area contributed by atoms with Crippen LogP contribution < -0.4 is 5.73 Å². The maximum atomic E-state index is 12.7. The van der Waals surface area contributed by atoms with Crippen molar-refractivity contribution in [3.05, 3.63) is 0 Å². The van der Waals surface area contributed by atoms with Crippen molar-refractivity contribution in [3.8, 4) is 0 Å². The summed E-state index contributed by atoms with van der Waals surface area (Å²) in [6.07, 6.45) is 1.55. The average molecular weight is 272 g/mol. The summed E-state index contributed by atoms with van der Waals surface area (Å²) in [5, 5.41) is 0. The van der Waals surface area contributed by atoms with Crippen molar-refractivity contribution in [3.63, 3.8) is 0 Å². The van der Waals surface area contributed by atoms with Gasteiger partial charge >= 0.3 is 0 Å². The van der Waals surface area contributed by atoms with Crippen LogP contribution in [0.2, 0.25) is 0 Å². The maximum absolute atomic E-state index is 12.7. The monoisotopic (exact) mass is 272 g/mol. The standard InChI is InChI=1S/C13H24N2O2S/c1-9(2)15(5-6-17-4)12(16)13(11(14)18)7-10(3)8-13/h9-10H,5-8H2,1-4H3,(H2,14,18). The molecule has 2 N–H and O–H groups in total. The van der Waals surface area contributed by atoms with Gasteiger partial charge in [0.1, 0.15) is 0 Å². The van der Waals surface area contributed by atoms with Gasteiger partial charge in [0.05, 0.1) is 17.0 Å². The first kappa shape index (κ1) is 15.4. The number of carbonyl (C=O) groups is 1. The van der Waals surface area contributed by atoms with E-state index in [1.807, 2.05) is 18.7 Å². The molecule has 104 valence electrons. The van der Waals surface area contributed by atoms with E-state index in [4.69, 9.17) is 22.7 Å². The molecular formula is C13H24N2O2S. The lowest BCUT2D eigenvalue weighted by Crippen LogP contribution is -2.58. The Bertz CT molecular complexity index is 325. The van der Waals surface area contributed by atoms with Gasteiger partial charge in [-0.15, -0.1) is 0 Å². The molecule has 0 radical (unpaired) electrons. The van der Waals surface area contributed by atoms with Crippen LogP contribution in [-0.4, -0.2) is 42.1 Å². The summed E-state index contributed by atoms with van der Waals surface area (Å²) >= 11 is 5.13. The smallest absolute Gasteiger partial charge is 0.235 e. The summed E-state index contributed by atoms with van der Waals surface area (Å²) < 4.78 is 5.06. The van der Waals surface area contributed by atoms with Crippen LogP contribution in [0, 0.1) is 11.3 Å². The SMILES string of the molecule is COCCN(C(=O)C1(C(N)=S)CC(C)C1)C(C)C. The number of nitrogens with two attached hydrogens (primary N) is 1. The summed E-state index contributed by atoms with van der Waals surface area (Å²) in [6, 6.07) is 0.134. The second-order valence-electron chi connectivity index (χ2n) is 5.54. The first-order valence-electron chi connectivity index (χ1n) is 6.45. The van der Waals surface area contributed by atoms with Gasteiger partial charge in [0, 0.05) is 19.7 Å². The van der Waals surface area contributed by atoms with E-state index in [-0.39, 0.29) is 11.9 Å². The highest BCUT2D eigenvalue weighted by Gasteiger charge is 2.52. The lowest BCUT2D eigenvalue weighted by molar-refractivity contribution is -0.146. The zero-order valence-corrected chi connectivity index (χ0v) is 12.5. The fraction of sp³-hybridized carbons (Fsp3) is 0.846. The highest BCUT2D eigenvalue weighted by molar-refractivity contribution is 7.80. The van der Waals surface area contributed by atoms with Crippen molar-refractivity contribution in [1.29, 1.82) is 0 Å². The Morgan fingerprint density at radius 3 is 2.44 bits per heavy atom. The Balaban J connectivity index is 2.84. The van der Waals surface area contributed by atoms with Crippen LogP contribution in [0.3, 0.4) is 0 Å². The van der Waals surface area contributed by atoms with E-state index < -0.39 is 5.41 Å². The first-order chi connectivity index (χ1) is 8.35. The summed E-state index contributed by atoms with van der Waals surface area (Å²) in [6.45, 7) is 7.25. The van der Waals surface area contributed by atoms with E-state index in [0.29, 0.717) is 24.1 Å².